The molecule has 5 nitrogen and oxygen atoms in total. The van der Waals surface area contributed by atoms with Crippen molar-refractivity contribution in [1.29, 1.82) is 0 Å². The Kier molecular flexibility index (Phi) is 10.7. The second-order valence-corrected chi connectivity index (χ2v) is 8.42. The summed E-state index contributed by atoms with van der Waals surface area (Å²) in [6, 6.07) is 7.43. The van der Waals surface area contributed by atoms with E-state index in [2.05, 4.69) is 25.6 Å². The Bertz CT molecular complexity index is 673. The van der Waals surface area contributed by atoms with Crippen molar-refractivity contribution in [3.63, 3.8) is 0 Å². The highest BCUT2D eigenvalue weighted by atomic mass is 35.5. The predicted molar refractivity (Wildman–Crippen MR) is 120 cm³/mol. The Labute approximate surface area is 179 Å². The molecule has 27 heavy (non-hydrogen) atoms. The van der Waals surface area contributed by atoms with Crippen LogP contribution < -0.4 is 10.6 Å². The molecular formula is C18H23Cl2N5S2. The quantitative estimate of drug-likeness (QED) is 0.327. The third-order valence-corrected chi connectivity index (χ3v) is 6.08. The van der Waals surface area contributed by atoms with Gasteiger partial charge in [-0.3, -0.25) is 15.0 Å². The number of nitrogens with one attached hydrogen (secondary N) is 2. The minimum atomic E-state index is 0.722. The fourth-order valence-electron chi connectivity index (χ4n) is 2.09. The molecule has 0 saturated carbocycles. The van der Waals surface area contributed by atoms with Gasteiger partial charge >= 0.3 is 0 Å². The van der Waals surface area contributed by atoms with Gasteiger partial charge in [-0.2, -0.15) is 23.5 Å². The van der Waals surface area contributed by atoms with Crippen molar-refractivity contribution >= 4 is 52.7 Å². The molecule has 0 aliphatic heterocycles. The number of halogens is 2. The van der Waals surface area contributed by atoms with Gasteiger partial charge in [-0.25, -0.2) is 0 Å². The first-order chi connectivity index (χ1) is 13.2. The van der Waals surface area contributed by atoms with E-state index in [9.17, 15) is 0 Å². The Morgan fingerprint density at radius 3 is 1.81 bits per heavy atom. The molecule has 0 aromatic carbocycles. The number of aliphatic imine (C=N–C) groups is 1. The average molecular weight is 444 g/mol. The largest absolute Gasteiger partial charge is 0.356 e. The van der Waals surface area contributed by atoms with Crippen LogP contribution in [0.1, 0.15) is 11.4 Å². The highest BCUT2D eigenvalue weighted by Crippen LogP contribution is 2.18. The molecule has 9 heteroatoms. The number of nitrogens with zero attached hydrogens (tertiary/aromatic N) is 3. The number of hydrogen-bond donors (Lipinski definition) is 2. The molecule has 2 N–H and O–H groups in total. The fourth-order valence-corrected chi connectivity index (χ4v) is 4.25. The lowest BCUT2D eigenvalue weighted by Crippen LogP contribution is -2.39. The molecule has 0 radical (unpaired) electrons. The maximum absolute atomic E-state index is 6.11. The second-order valence-electron chi connectivity index (χ2n) is 5.39. The van der Waals surface area contributed by atoms with Crippen molar-refractivity contribution in [2.24, 2.45) is 4.99 Å². The van der Waals surface area contributed by atoms with Crippen LogP contribution in [-0.4, -0.2) is 47.6 Å². The van der Waals surface area contributed by atoms with Crippen LogP contribution in [0.3, 0.4) is 0 Å². The minimum absolute atomic E-state index is 0.722. The monoisotopic (exact) mass is 443 g/mol. The number of aromatic nitrogens is 2. The van der Waals surface area contributed by atoms with Gasteiger partial charge < -0.3 is 10.6 Å². The SMILES string of the molecule is CN=C(NCCSCc1ncccc1Cl)NCCSCc1ncccc1Cl. The Morgan fingerprint density at radius 1 is 0.926 bits per heavy atom. The van der Waals surface area contributed by atoms with Crippen LogP contribution in [0.15, 0.2) is 41.7 Å². The van der Waals surface area contributed by atoms with E-state index in [1.165, 1.54) is 0 Å². The van der Waals surface area contributed by atoms with Gasteiger partial charge in [0, 0.05) is 55.5 Å². The van der Waals surface area contributed by atoms with Crippen LogP contribution in [-0.2, 0) is 11.5 Å². The first kappa shape index (κ1) is 22.1. The summed E-state index contributed by atoms with van der Waals surface area (Å²) in [6.07, 6.45) is 3.54. The highest BCUT2D eigenvalue weighted by molar-refractivity contribution is 7.98. The van der Waals surface area contributed by atoms with Crippen LogP contribution in [0.5, 0.6) is 0 Å². The van der Waals surface area contributed by atoms with Crippen molar-refractivity contribution in [2.45, 2.75) is 11.5 Å². The lowest BCUT2D eigenvalue weighted by molar-refractivity contribution is 0.863. The lowest BCUT2D eigenvalue weighted by Gasteiger charge is -2.11. The third-order valence-electron chi connectivity index (χ3n) is 3.45. The van der Waals surface area contributed by atoms with Gasteiger partial charge in [0.1, 0.15) is 0 Å². The standard InChI is InChI=1S/C18H23Cl2N5S2/c1-21-18(24-8-10-26-12-16-14(19)4-2-6-22-16)25-9-11-27-13-17-15(20)5-3-7-23-17/h2-7H,8-13H2,1H3,(H2,21,24,25). The van der Waals surface area contributed by atoms with Gasteiger partial charge in [0.2, 0.25) is 0 Å². The van der Waals surface area contributed by atoms with E-state index in [4.69, 9.17) is 23.2 Å². The molecule has 0 saturated heterocycles. The van der Waals surface area contributed by atoms with E-state index >= 15 is 0 Å². The predicted octanol–water partition coefficient (Wildman–Crippen LogP) is 4.12. The molecule has 0 bridgehead atoms. The molecule has 0 spiro atoms. The smallest absolute Gasteiger partial charge is 0.191 e. The summed E-state index contributed by atoms with van der Waals surface area (Å²) in [5.41, 5.74) is 1.86. The number of thioether (sulfide) groups is 2. The molecule has 2 aromatic rings. The highest BCUT2D eigenvalue weighted by Gasteiger charge is 2.03. The van der Waals surface area contributed by atoms with Crippen molar-refractivity contribution < 1.29 is 0 Å². The molecule has 0 unspecified atom stereocenters. The summed E-state index contributed by atoms with van der Waals surface area (Å²) in [6.45, 7) is 1.65. The Hall–Kier alpha value is -1.15. The zero-order valence-electron chi connectivity index (χ0n) is 15.1. The molecule has 0 fully saturated rings. The van der Waals surface area contributed by atoms with E-state index < -0.39 is 0 Å². The molecular weight excluding hydrogens is 421 g/mol. The van der Waals surface area contributed by atoms with Crippen LogP contribution in [0.25, 0.3) is 0 Å². The summed E-state index contributed by atoms with van der Waals surface area (Å²) < 4.78 is 0. The lowest BCUT2D eigenvalue weighted by atomic mass is 10.4. The van der Waals surface area contributed by atoms with Crippen molar-refractivity contribution in [3.8, 4) is 0 Å². The van der Waals surface area contributed by atoms with E-state index in [1.807, 2.05) is 24.3 Å². The number of guanidine groups is 1. The van der Waals surface area contributed by atoms with E-state index in [0.717, 1.165) is 63.5 Å². The van der Waals surface area contributed by atoms with Crippen molar-refractivity contribution in [1.82, 2.24) is 20.6 Å². The molecule has 2 aromatic heterocycles. The van der Waals surface area contributed by atoms with Gasteiger partial charge in [-0.1, -0.05) is 23.2 Å². The zero-order chi connectivity index (χ0) is 19.3. The molecule has 0 aliphatic rings. The second kappa shape index (κ2) is 13.1. The normalized spacial score (nSPS) is 10.5. The summed E-state index contributed by atoms with van der Waals surface area (Å²) in [5.74, 6) is 4.31. The number of hydrogen-bond acceptors (Lipinski definition) is 5. The van der Waals surface area contributed by atoms with Crippen LogP contribution in [0.4, 0.5) is 0 Å². The average Bonchev–Trinajstić information content (AvgIpc) is 2.68. The fraction of sp³-hybridized carbons (Fsp3) is 0.389. The van der Waals surface area contributed by atoms with Crippen LogP contribution in [0, 0.1) is 0 Å². The van der Waals surface area contributed by atoms with E-state index in [1.54, 1.807) is 43.0 Å². The maximum Gasteiger partial charge on any atom is 0.191 e. The van der Waals surface area contributed by atoms with Crippen LogP contribution in [0.2, 0.25) is 10.0 Å². The molecule has 146 valence electrons. The first-order valence-electron chi connectivity index (χ1n) is 8.49. The van der Waals surface area contributed by atoms with Gasteiger partial charge in [0.15, 0.2) is 5.96 Å². The number of rotatable bonds is 10. The Morgan fingerprint density at radius 2 is 1.41 bits per heavy atom. The molecule has 0 atom stereocenters. The van der Waals surface area contributed by atoms with Crippen LogP contribution >= 0.6 is 46.7 Å². The van der Waals surface area contributed by atoms with Gasteiger partial charge in [0.05, 0.1) is 21.4 Å². The van der Waals surface area contributed by atoms with Gasteiger partial charge in [0.25, 0.3) is 0 Å². The number of pyridine rings is 2. The van der Waals surface area contributed by atoms with Crippen molar-refractivity contribution in [3.05, 3.63) is 58.1 Å². The van der Waals surface area contributed by atoms with Gasteiger partial charge in [-0.15, -0.1) is 0 Å². The molecule has 0 aliphatic carbocycles. The summed E-state index contributed by atoms with van der Waals surface area (Å²) in [5, 5.41) is 8.06. The minimum Gasteiger partial charge on any atom is -0.356 e. The van der Waals surface area contributed by atoms with Gasteiger partial charge in [-0.05, 0) is 24.3 Å². The molecule has 2 heterocycles. The summed E-state index contributed by atoms with van der Waals surface area (Å²) in [4.78, 5) is 12.8. The van der Waals surface area contributed by atoms with Crippen molar-refractivity contribution in [2.75, 3.05) is 31.6 Å². The maximum atomic E-state index is 6.11. The summed E-state index contributed by atoms with van der Waals surface area (Å²) in [7, 11) is 1.77. The Balaban J connectivity index is 1.54. The topological polar surface area (TPSA) is 62.2 Å². The molecule has 0 amide bonds. The first-order valence-corrected chi connectivity index (χ1v) is 11.6. The third kappa shape index (κ3) is 8.60. The molecule has 2 rings (SSSR count). The zero-order valence-corrected chi connectivity index (χ0v) is 18.3. The summed E-state index contributed by atoms with van der Waals surface area (Å²) >= 11 is 15.8. The van der Waals surface area contributed by atoms with E-state index in [-0.39, 0.29) is 0 Å². The van der Waals surface area contributed by atoms with E-state index in [0.29, 0.717) is 0 Å².